The van der Waals surface area contributed by atoms with Crippen molar-refractivity contribution >= 4 is 41.8 Å². The molecule has 0 fully saturated rings. The van der Waals surface area contributed by atoms with Crippen molar-refractivity contribution in [3.63, 3.8) is 0 Å². The molecule has 0 aliphatic heterocycles. The Bertz CT molecular complexity index is 222. The van der Waals surface area contributed by atoms with Crippen LogP contribution < -0.4 is 5.73 Å². The largest absolute Gasteiger partial charge is 0.560 e. The van der Waals surface area contributed by atoms with Crippen LogP contribution in [0.25, 0.3) is 0 Å². The van der Waals surface area contributed by atoms with E-state index in [-0.39, 0.29) is 28.4 Å². The van der Waals surface area contributed by atoms with Gasteiger partial charge in [-0.3, -0.25) is 25.8 Å². The SMILES string of the molecule is NCc1cc[c]cc1F.[Br][Mg][Br]. The van der Waals surface area contributed by atoms with Crippen LogP contribution in [-0.4, -0.2) is 16.0 Å². The smallest absolute Gasteiger partial charge is 0.326 e. The molecule has 1 nitrogen and oxygen atoms in total. The van der Waals surface area contributed by atoms with Crippen LogP contribution in [0.5, 0.6) is 0 Å². The summed E-state index contributed by atoms with van der Waals surface area (Å²) in [5.74, 6) is -0.278. The standard InChI is InChI=1S/C7H7FN.2BrH.Mg/c8-7-4-2-1-3-6(7)5-9;;;/h1,3-4H,5,9H2;2*1H;/q;;;+2/p-2. The number of rotatable bonds is 1. The monoisotopic (exact) mass is 306 g/mol. The Hall–Kier alpha value is 0.836. The predicted octanol–water partition coefficient (Wildman–Crippen LogP) is 2.39. The van der Waals surface area contributed by atoms with Gasteiger partial charge in [-0.05, 0) is 12.1 Å². The van der Waals surface area contributed by atoms with E-state index in [2.05, 4.69) is 31.8 Å². The van der Waals surface area contributed by atoms with Crippen molar-refractivity contribution in [2.45, 2.75) is 6.54 Å². The third-order valence-electron chi connectivity index (χ3n) is 1.12. The van der Waals surface area contributed by atoms with E-state index in [1.54, 1.807) is 12.1 Å². The van der Waals surface area contributed by atoms with Crippen molar-refractivity contribution in [1.82, 2.24) is 0 Å². The molecule has 0 heterocycles. The second-order valence-corrected chi connectivity index (χ2v) is 9.90. The molecular weight excluding hydrogens is 301 g/mol. The second kappa shape index (κ2) is 8.44. The maximum absolute atomic E-state index is 12.5. The van der Waals surface area contributed by atoms with Crippen molar-refractivity contribution in [3.8, 4) is 0 Å². The zero-order chi connectivity index (χ0) is 9.40. The Balaban J connectivity index is 0.000000354. The molecule has 2 N–H and O–H groups in total. The Morgan fingerprint density at radius 2 is 2.17 bits per heavy atom. The summed E-state index contributed by atoms with van der Waals surface area (Å²) >= 11 is 6.44. The van der Waals surface area contributed by atoms with Gasteiger partial charge in [-0.1, -0.05) is 12.1 Å². The van der Waals surface area contributed by atoms with Gasteiger partial charge in [0, 0.05) is 12.1 Å². The summed E-state index contributed by atoms with van der Waals surface area (Å²) in [5, 5.41) is 0. The number of benzene rings is 1. The molecule has 0 aliphatic rings. The van der Waals surface area contributed by atoms with Crippen molar-refractivity contribution in [3.05, 3.63) is 35.6 Å². The first-order chi connectivity index (χ1) is 5.76. The summed E-state index contributed by atoms with van der Waals surface area (Å²) < 4.78 is 12.5. The summed E-state index contributed by atoms with van der Waals surface area (Å²) in [6.07, 6.45) is 0. The Kier molecular flexibility index (Phi) is 9.02. The lowest BCUT2D eigenvalue weighted by atomic mass is 10.2. The summed E-state index contributed by atoms with van der Waals surface area (Å²) in [4.78, 5) is 0. The minimum absolute atomic E-state index is 0.0417. The molecule has 5 heteroatoms. The van der Waals surface area contributed by atoms with Gasteiger partial charge in [-0.25, -0.2) is 4.39 Å². The van der Waals surface area contributed by atoms with E-state index < -0.39 is 0 Å². The van der Waals surface area contributed by atoms with Gasteiger partial charge in [0.2, 0.25) is 0 Å². The van der Waals surface area contributed by atoms with Gasteiger partial charge in [0.15, 0.2) is 0 Å². The molecule has 0 saturated heterocycles. The highest BCUT2D eigenvalue weighted by Gasteiger charge is 1.94. The molecule has 1 radical (unpaired) electrons. The molecular formula is C7H7Br2FMgN. The molecule has 0 amide bonds. The molecule has 0 aliphatic carbocycles. The minimum Gasteiger partial charge on any atom is -0.326 e. The number of hydrogen-bond donors (Lipinski definition) is 1. The molecule has 1 aromatic rings. The summed E-state index contributed by atoms with van der Waals surface area (Å²) in [5.41, 5.74) is 5.73. The Morgan fingerprint density at radius 1 is 1.58 bits per heavy atom. The molecule has 1 rings (SSSR count). The van der Waals surface area contributed by atoms with E-state index in [4.69, 9.17) is 5.73 Å². The fraction of sp³-hybridized carbons (Fsp3) is 0.143. The van der Waals surface area contributed by atoms with E-state index in [0.29, 0.717) is 5.56 Å². The van der Waals surface area contributed by atoms with Crippen LogP contribution in [0.2, 0.25) is 0 Å². The minimum atomic E-state index is -0.278. The van der Waals surface area contributed by atoms with Crippen LogP contribution in [0.1, 0.15) is 5.56 Å². The fourth-order valence-corrected chi connectivity index (χ4v) is 0.608. The first-order valence-electron chi connectivity index (χ1n) is 3.22. The normalized spacial score (nSPS) is 8.00. The zero-order valence-corrected chi connectivity index (χ0v) is 10.9. The van der Waals surface area contributed by atoms with E-state index >= 15 is 0 Å². The molecule has 1 aromatic carbocycles. The van der Waals surface area contributed by atoms with E-state index in [9.17, 15) is 4.39 Å². The highest BCUT2D eigenvalue weighted by atomic mass is 79.9. The van der Waals surface area contributed by atoms with Gasteiger partial charge >= 0.3 is 16.0 Å². The predicted molar refractivity (Wildman–Crippen MR) is 56.7 cm³/mol. The summed E-state index contributed by atoms with van der Waals surface area (Å²) in [6, 6.07) is 7.15. The zero-order valence-electron chi connectivity index (χ0n) is 6.36. The Labute approximate surface area is 93.4 Å². The van der Waals surface area contributed by atoms with Crippen LogP contribution in [0.3, 0.4) is 0 Å². The summed E-state index contributed by atoms with van der Waals surface area (Å²) in [7, 11) is 0. The number of halogens is 3. The number of hydrogen-bond acceptors (Lipinski definition) is 1. The highest BCUT2D eigenvalue weighted by molar-refractivity contribution is 9.47. The van der Waals surface area contributed by atoms with Gasteiger partial charge in [-0.2, -0.15) is 0 Å². The molecule has 0 bridgehead atoms. The van der Waals surface area contributed by atoms with Crippen molar-refractivity contribution in [1.29, 1.82) is 0 Å². The van der Waals surface area contributed by atoms with Gasteiger partial charge in [0.05, 0.1) is 0 Å². The third-order valence-corrected chi connectivity index (χ3v) is 1.12. The Morgan fingerprint density at radius 3 is 2.50 bits per heavy atom. The topological polar surface area (TPSA) is 26.0 Å². The van der Waals surface area contributed by atoms with Crippen LogP contribution in [0, 0.1) is 11.9 Å². The fourth-order valence-electron chi connectivity index (χ4n) is 0.608. The lowest BCUT2D eigenvalue weighted by molar-refractivity contribution is 0.610. The maximum Gasteiger partial charge on any atom is 0.560 e. The average Bonchev–Trinajstić information content (AvgIpc) is 2.07. The highest BCUT2D eigenvalue weighted by Crippen LogP contribution is 2.02. The van der Waals surface area contributed by atoms with Gasteiger partial charge < -0.3 is 5.73 Å². The van der Waals surface area contributed by atoms with E-state index in [1.807, 2.05) is 0 Å². The molecule has 0 aromatic heterocycles. The van der Waals surface area contributed by atoms with Gasteiger partial charge in [0.1, 0.15) is 5.82 Å². The first kappa shape index (κ1) is 12.8. The second-order valence-electron chi connectivity index (χ2n) is 1.82. The van der Waals surface area contributed by atoms with Crippen LogP contribution in [-0.2, 0) is 6.54 Å². The van der Waals surface area contributed by atoms with Gasteiger partial charge in [0.25, 0.3) is 0 Å². The quantitative estimate of drug-likeness (QED) is 0.792. The molecule has 0 spiro atoms. The molecule has 63 valence electrons. The number of nitrogens with two attached hydrogens (primary N) is 1. The van der Waals surface area contributed by atoms with Crippen LogP contribution in [0.15, 0.2) is 18.2 Å². The maximum atomic E-state index is 12.5. The van der Waals surface area contributed by atoms with Gasteiger partial charge in [-0.15, -0.1) is 0 Å². The van der Waals surface area contributed by atoms with Crippen molar-refractivity contribution < 1.29 is 4.39 Å². The van der Waals surface area contributed by atoms with Crippen molar-refractivity contribution in [2.24, 2.45) is 5.73 Å². The molecule has 0 unspecified atom stereocenters. The molecule has 12 heavy (non-hydrogen) atoms. The van der Waals surface area contributed by atoms with E-state index in [0.717, 1.165) is 0 Å². The first-order valence-corrected chi connectivity index (χ1v) is 11.0. The van der Waals surface area contributed by atoms with Crippen LogP contribution in [0.4, 0.5) is 4.39 Å². The molecule has 0 saturated carbocycles. The lowest BCUT2D eigenvalue weighted by Gasteiger charge is -1.94. The summed E-state index contributed by atoms with van der Waals surface area (Å²) in [6.45, 7) is 0.251. The molecule has 0 atom stereocenters. The van der Waals surface area contributed by atoms with Crippen molar-refractivity contribution in [2.75, 3.05) is 0 Å². The average molecular weight is 308 g/mol. The van der Waals surface area contributed by atoms with E-state index in [1.165, 1.54) is 6.07 Å². The lowest BCUT2D eigenvalue weighted by Crippen LogP contribution is -1.98. The third kappa shape index (κ3) is 5.48. The van der Waals surface area contributed by atoms with Crippen LogP contribution >= 0.6 is 25.8 Å².